The number of piperidine rings is 1. The van der Waals surface area contributed by atoms with Gasteiger partial charge in [0.15, 0.2) is 5.82 Å². The van der Waals surface area contributed by atoms with Gasteiger partial charge < -0.3 is 15.1 Å². The first-order valence-corrected chi connectivity index (χ1v) is 8.73. The number of carbonyl (C=O) groups excluding carboxylic acids is 1. The van der Waals surface area contributed by atoms with Crippen LogP contribution in [-0.2, 0) is 0 Å². The topological polar surface area (TPSA) is 35.6 Å². The molecule has 0 aliphatic carbocycles. The zero-order valence-corrected chi connectivity index (χ0v) is 15.0. The summed E-state index contributed by atoms with van der Waals surface area (Å²) in [5, 5.41) is 2.48. The predicted molar refractivity (Wildman–Crippen MR) is 99.7 cm³/mol. The molecule has 4 nitrogen and oxygen atoms in total. The van der Waals surface area contributed by atoms with Crippen LogP contribution in [0.15, 0.2) is 42.5 Å². The number of hydrogen-bond acceptors (Lipinski definition) is 3. The van der Waals surface area contributed by atoms with Crippen molar-refractivity contribution in [1.29, 1.82) is 0 Å². The second-order valence-electron chi connectivity index (χ2n) is 6.72. The Balaban J connectivity index is 1.79. The van der Waals surface area contributed by atoms with Crippen molar-refractivity contribution in [2.24, 2.45) is 0 Å². The SMILES string of the molecule is CN1CCC(N(C)c2cccc(NC(=O)c3ccccc3F)c2F)CC1. The van der Waals surface area contributed by atoms with Crippen molar-refractivity contribution in [2.45, 2.75) is 18.9 Å². The Morgan fingerprint density at radius 3 is 2.50 bits per heavy atom. The van der Waals surface area contributed by atoms with E-state index >= 15 is 0 Å². The Hall–Kier alpha value is -2.47. The number of rotatable bonds is 4. The standard InChI is InChI=1S/C20H23F2N3O/c1-24-12-10-14(11-13-24)25(2)18-9-5-8-17(19(18)22)23-20(26)15-6-3-4-7-16(15)21/h3-9,14H,10-13H2,1-2H3,(H,23,26). The summed E-state index contributed by atoms with van der Waals surface area (Å²) in [7, 11) is 3.95. The van der Waals surface area contributed by atoms with Crippen LogP contribution in [0.25, 0.3) is 0 Å². The van der Waals surface area contributed by atoms with E-state index in [2.05, 4.69) is 17.3 Å². The molecule has 1 aliphatic rings. The predicted octanol–water partition coefficient (Wildman–Crippen LogP) is 3.75. The van der Waals surface area contributed by atoms with Gasteiger partial charge in [0.05, 0.1) is 16.9 Å². The van der Waals surface area contributed by atoms with Gasteiger partial charge in [0.1, 0.15) is 5.82 Å². The van der Waals surface area contributed by atoms with Crippen LogP contribution in [0.3, 0.4) is 0 Å². The van der Waals surface area contributed by atoms with E-state index in [1.807, 2.05) is 11.9 Å². The Labute approximate surface area is 152 Å². The molecule has 1 fully saturated rings. The van der Waals surface area contributed by atoms with E-state index in [1.54, 1.807) is 18.2 Å². The molecule has 3 rings (SSSR count). The Morgan fingerprint density at radius 2 is 1.81 bits per heavy atom. The van der Waals surface area contributed by atoms with E-state index in [0.29, 0.717) is 5.69 Å². The molecular formula is C20H23F2N3O. The summed E-state index contributed by atoms with van der Waals surface area (Å²) in [6.07, 6.45) is 1.91. The maximum absolute atomic E-state index is 15.0. The zero-order valence-electron chi connectivity index (χ0n) is 15.0. The Morgan fingerprint density at radius 1 is 1.12 bits per heavy atom. The molecule has 138 valence electrons. The molecule has 6 heteroatoms. The third-order valence-corrected chi connectivity index (χ3v) is 4.96. The van der Waals surface area contributed by atoms with Crippen molar-refractivity contribution in [3.8, 4) is 0 Å². The van der Waals surface area contributed by atoms with Crippen LogP contribution in [0.5, 0.6) is 0 Å². The van der Waals surface area contributed by atoms with Crippen molar-refractivity contribution in [3.05, 3.63) is 59.7 Å². The van der Waals surface area contributed by atoms with Gasteiger partial charge in [-0.3, -0.25) is 4.79 Å². The van der Waals surface area contributed by atoms with Crippen molar-refractivity contribution < 1.29 is 13.6 Å². The minimum atomic E-state index is -0.666. The highest BCUT2D eigenvalue weighted by Crippen LogP contribution is 2.29. The number of halogens is 2. The van der Waals surface area contributed by atoms with Crippen molar-refractivity contribution >= 4 is 17.3 Å². The van der Waals surface area contributed by atoms with Crippen LogP contribution in [-0.4, -0.2) is 44.0 Å². The van der Waals surface area contributed by atoms with Crippen molar-refractivity contribution in [1.82, 2.24) is 4.90 Å². The first-order chi connectivity index (χ1) is 12.5. The van der Waals surface area contributed by atoms with Gasteiger partial charge in [0, 0.05) is 13.1 Å². The normalized spacial score (nSPS) is 15.7. The number of anilines is 2. The molecule has 1 heterocycles. The van der Waals surface area contributed by atoms with Crippen LogP contribution in [0.2, 0.25) is 0 Å². The molecule has 0 bridgehead atoms. The second kappa shape index (κ2) is 7.83. The summed E-state index contributed by atoms with van der Waals surface area (Å²) in [6.45, 7) is 1.95. The molecule has 1 N–H and O–H groups in total. The molecule has 26 heavy (non-hydrogen) atoms. The highest BCUT2D eigenvalue weighted by atomic mass is 19.1. The number of hydrogen-bond donors (Lipinski definition) is 1. The maximum Gasteiger partial charge on any atom is 0.258 e. The summed E-state index contributed by atoms with van der Waals surface area (Å²) in [5.41, 5.74) is 0.377. The number of likely N-dealkylation sites (tertiary alicyclic amines) is 1. The molecule has 0 spiro atoms. The lowest BCUT2D eigenvalue weighted by atomic mass is 10.0. The monoisotopic (exact) mass is 359 g/mol. The van der Waals surface area contributed by atoms with Crippen molar-refractivity contribution in [2.75, 3.05) is 37.4 Å². The molecule has 0 aromatic heterocycles. The molecule has 0 radical (unpaired) electrons. The van der Waals surface area contributed by atoms with Gasteiger partial charge in [-0.15, -0.1) is 0 Å². The van der Waals surface area contributed by atoms with E-state index < -0.39 is 17.5 Å². The average Bonchev–Trinajstić information content (AvgIpc) is 2.64. The maximum atomic E-state index is 15.0. The summed E-state index contributed by atoms with van der Waals surface area (Å²) in [4.78, 5) is 16.5. The van der Waals surface area contributed by atoms with Crippen LogP contribution < -0.4 is 10.2 Å². The Bertz CT molecular complexity index is 788. The second-order valence-corrected chi connectivity index (χ2v) is 6.72. The van der Waals surface area contributed by atoms with Crippen molar-refractivity contribution in [3.63, 3.8) is 0 Å². The summed E-state index contributed by atoms with van der Waals surface area (Å²) in [6, 6.07) is 10.8. The summed E-state index contributed by atoms with van der Waals surface area (Å²) < 4.78 is 28.7. The first kappa shape index (κ1) is 18.3. The number of nitrogens with zero attached hydrogens (tertiary/aromatic N) is 2. The molecular weight excluding hydrogens is 336 g/mol. The van der Waals surface area contributed by atoms with Gasteiger partial charge >= 0.3 is 0 Å². The third kappa shape index (κ3) is 3.85. The quantitative estimate of drug-likeness (QED) is 0.903. The molecule has 0 atom stereocenters. The van der Waals surface area contributed by atoms with E-state index in [1.165, 1.54) is 24.3 Å². The molecule has 1 aliphatic heterocycles. The zero-order chi connectivity index (χ0) is 18.7. The Kier molecular flexibility index (Phi) is 5.52. The van der Waals surface area contributed by atoms with E-state index in [4.69, 9.17) is 0 Å². The fourth-order valence-corrected chi connectivity index (χ4v) is 3.30. The van der Waals surface area contributed by atoms with Gasteiger partial charge in [-0.05, 0) is 57.2 Å². The molecule has 0 unspecified atom stereocenters. The van der Waals surface area contributed by atoms with Gasteiger partial charge in [0.2, 0.25) is 0 Å². The number of benzene rings is 2. The summed E-state index contributed by atoms with van der Waals surface area (Å²) >= 11 is 0. The lowest BCUT2D eigenvalue weighted by Crippen LogP contribution is -2.42. The molecule has 1 amide bonds. The van der Waals surface area contributed by atoms with Crippen LogP contribution >= 0.6 is 0 Å². The highest BCUT2D eigenvalue weighted by Gasteiger charge is 2.24. The van der Waals surface area contributed by atoms with E-state index in [0.717, 1.165) is 25.9 Å². The smallest absolute Gasteiger partial charge is 0.258 e. The molecule has 2 aromatic rings. The third-order valence-electron chi connectivity index (χ3n) is 4.96. The van der Waals surface area contributed by atoms with E-state index in [-0.39, 0.29) is 17.3 Å². The fourth-order valence-electron chi connectivity index (χ4n) is 3.30. The minimum absolute atomic E-state index is 0.0514. The van der Waals surface area contributed by atoms with Crippen LogP contribution in [0, 0.1) is 11.6 Å². The molecule has 1 saturated heterocycles. The van der Waals surface area contributed by atoms with Gasteiger partial charge in [-0.2, -0.15) is 0 Å². The fraction of sp³-hybridized carbons (Fsp3) is 0.350. The van der Waals surface area contributed by atoms with Gasteiger partial charge in [0.25, 0.3) is 5.91 Å². The number of amides is 1. The molecule has 2 aromatic carbocycles. The number of nitrogens with one attached hydrogen (secondary N) is 1. The number of carbonyl (C=O) groups is 1. The highest BCUT2D eigenvalue weighted by molar-refractivity contribution is 6.04. The first-order valence-electron chi connectivity index (χ1n) is 8.73. The van der Waals surface area contributed by atoms with Crippen LogP contribution in [0.1, 0.15) is 23.2 Å². The minimum Gasteiger partial charge on any atom is -0.369 e. The van der Waals surface area contributed by atoms with E-state index in [9.17, 15) is 13.6 Å². The summed E-state index contributed by atoms with van der Waals surface area (Å²) in [5.74, 6) is -1.80. The molecule has 0 saturated carbocycles. The lowest BCUT2D eigenvalue weighted by molar-refractivity contribution is 0.102. The lowest BCUT2D eigenvalue weighted by Gasteiger charge is -2.36. The average molecular weight is 359 g/mol. The van der Waals surface area contributed by atoms with Crippen LogP contribution in [0.4, 0.5) is 20.2 Å². The largest absolute Gasteiger partial charge is 0.369 e. The van der Waals surface area contributed by atoms with Gasteiger partial charge in [-0.1, -0.05) is 18.2 Å². The van der Waals surface area contributed by atoms with Gasteiger partial charge in [-0.25, -0.2) is 8.78 Å².